The van der Waals surface area contributed by atoms with Crippen molar-refractivity contribution in [3.8, 4) is 0 Å². The van der Waals surface area contributed by atoms with E-state index < -0.39 is 5.97 Å². The highest BCUT2D eigenvalue weighted by Crippen LogP contribution is 2.00. The average molecular weight is 215 g/mol. The molecular weight excluding hydrogens is 194 g/mol. The summed E-state index contributed by atoms with van der Waals surface area (Å²) in [5.74, 6) is -0.430. The van der Waals surface area contributed by atoms with Crippen molar-refractivity contribution in [2.45, 2.75) is 26.7 Å². The third kappa shape index (κ3) is 7.11. The van der Waals surface area contributed by atoms with Gasteiger partial charge in [0.15, 0.2) is 0 Å². The van der Waals surface area contributed by atoms with Crippen LogP contribution in [0.1, 0.15) is 26.7 Å². The van der Waals surface area contributed by atoms with Crippen LogP contribution < -0.4 is 5.32 Å². The van der Waals surface area contributed by atoms with Crippen LogP contribution in [-0.2, 0) is 4.79 Å². The zero-order valence-corrected chi connectivity index (χ0v) is 9.49. The van der Waals surface area contributed by atoms with Crippen molar-refractivity contribution in [1.29, 1.82) is 0 Å². The molecular formula is C11H21NO3. The minimum Gasteiger partial charge on any atom is -0.478 e. The van der Waals surface area contributed by atoms with Crippen LogP contribution in [0.3, 0.4) is 0 Å². The van der Waals surface area contributed by atoms with Crippen molar-refractivity contribution >= 4 is 5.97 Å². The molecule has 0 aromatic heterocycles. The van der Waals surface area contributed by atoms with Gasteiger partial charge in [0.2, 0.25) is 0 Å². The van der Waals surface area contributed by atoms with Crippen molar-refractivity contribution in [2.24, 2.45) is 5.92 Å². The minimum atomic E-state index is -0.845. The molecule has 0 saturated heterocycles. The molecule has 0 aromatic rings. The molecule has 0 fully saturated rings. The Morgan fingerprint density at radius 2 is 2.20 bits per heavy atom. The van der Waals surface area contributed by atoms with E-state index in [1.165, 1.54) is 0 Å². The van der Waals surface area contributed by atoms with Crippen LogP contribution in [0.2, 0.25) is 0 Å². The van der Waals surface area contributed by atoms with E-state index in [0.717, 1.165) is 13.0 Å². The van der Waals surface area contributed by atoms with Crippen LogP contribution in [0.5, 0.6) is 0 Å². The molecule has 0 aromatic carbocycles. The van der Waals surface area contributed by atoms with Crippen LogP contribution in [0.15, 0.2) is 11.6 Å². The van der Waals surface area contributed by atoms with Gasteiger partial charge in [-0.05, 0) is 25.3 Å². The van der Waals surface area contributed by atoms with Gasteiger partial charge in [-0.3, -0.25) is 0 Å². The maximum Gasteiger partial charge on any atom is 0.331 e. The van der Waals surface area contributed by atoms with E-state index in [0.29, 0.717) is 24.5 Å². The number of carboxylic acids is 1. The van der Waals surface area contributed by atoms with Crippen LogP contribution >= 0.6 is 0 Å². The maximum absolute atomic E-state index is 10.6. The predicted molar refractivity (Wildman–Crippen MR) is 59.7 cm³/mol. The predicted octanol–water partition coefficient (Wildman–Crippen LogP) is 1.02. The lowest BCUT2D eigenvalue weighted by Crippen LogP contribution is -2.22. The van der Waals surface area contributed by atoms with Crippen molar-refractivity contribution in [2.75, 3.05) is 19.7 Å². The Hall–Kier alpha value is -0.870. The number of aliphatic hydroxyl groups is 1. The van der Waals surface area contributed by atoms with E-state index in [2.05, 4.69) is 5.32 Å². The summed E-state index contributed by atoms with van der Waals surface area (Å²) >= 11 is 0. The fourth-order valence-corrected chi connectivity index (χ4v) is 1.23. The topological polar surface area (TPSA) is 69.6 Å². The van der Waals surface area contributed by atoms with E-state index >= 15 is 0 Å². The third-order valence-electron chi connectivity index (χ3n) is 2.26. The molecule has 0 aliphatic carbocycles. The summed E-state index contributed by atoms with van der Waals surface area (Å²) in [5.41, 5.74) is 0.442. The highest BCUT2D eigenvalue weighted by Gasteiger charge is 2.03. The van der Waals surface area contributed by atoms with E-state index in [4.69, 9.17) is 10.2 Å². The van der Waals surface area contributed by atoms with Gasteiger partial charge in [0.1, 0.15) is 0 Å². The highest BCUT2D eigenvalue weighted by molar-refractivity contribution is 5.86. The summed E-state index contributed by atoms with van der Waals surface area (Å²) in [4.78, 5) is 10.6. The average Bonchev–Trinajstić information content (AvgIpc) is 2.17. The van der Waals surface area contributed by atoms with Gasteiger partial charge < -0.3 is 15.5 Å². The number of carbonyl (C=O) groups is 1. The lowest BCUT2D eigenvalue weighted by Gasteiger charge is -2.09. The third-order valence-corrected chi connectivity index (χ3v) is 2.26. The standard InChI is InChI=1S/C11H21NO3/c1-3-10(11(14)15)4-6-12-8-9(2)5-7-13/h4,9,12-13H,3,5-8H2,1-2H3,(H,14,15). The Balaban J connectivity index is 3.72. The van der Waals surface area contributed by atoms with Gasteiger partial charge in [-0.15, -0.1) is 0 Å². The first-order chi connectivity index (χ1) is 7.11. The Bertz CT molecular complexity index is 214. The minimum absolute atomic E-state index is 0.202. The van der Waals surface area contributed by atoms with Crippen molar-refractivity contribution in [3.63, 3.8) is 0 Å². The molecule has 4 heteroatoms. The molecule has 0 radical (unpaired) electrons. The second kappa shape index (κ2) is 8.44. The van der Waals surface area contributed by atoms with Gasteiger partial charge in [-0.1, -0.05) is 19.9 Å². The highest BCUT2D eigenvalue weighted by atomic mass is 16.4. The molecule has 0 amide bonds. The Morgan fingerprint density at radius 3 is 2.67 bits per heavy atom. The number of hydrogen-bond donors (Lipinski definition) is 3. The van der Waals surface area contributed by atoms with Crippen molar-refractivity contribution in [1.82, 2.24) is 5.32 Å². The molecule has 3 N–H and O–H groups in total. The van der Waals surface area contributed by atoms with Gasteiger partial charge in [-0.2, -0.15) is 0 Å². The van der Waals surface area contributed by atoms with Crippen LogP contribution in [0.4, 0.5) is 0 Å². The number of nitrogens with one attached hydrogen (secondary N) is 1. The summed E-state index contributed by atoms with van der Waals surface area (Å²) in [5, 5.41) is 20.6. The molecule has 0 heterocycles. The van der Waals surface area contributed by atoms with Crippen LogP contribution in [0.25, 0.3) is 0 Å². The number of aliphatic hydroxyl groups excluding tert-OH is 1. The van der Waals surface area contributed by atoms with E-state index in [1.807, 2.05) is 13.8 Å². The van der Waals surface area contributed by atoms with Gasteiger partial charge in [-0.25, -0.2) is 4.79 Å². The zero-order valence-electron chi connectivity index (χ0n) is 9.49. The monoisotopic (exact) mass is 215 g/mol. The first kappa shape index (κ1) is 14.1. The molecule has 4 nitrogen and oxygen atoms in total. The molecule has 1 unspecified atom stereocenters. The van der Waals surface area contributed by atoms with Gasteiger partial charge in [0.05, 0.1) is 0 Å². The van der Waals surface area contributed by atoms with Crippen molar-refractivity contribution in [3.05, 3.63) is 11.6 Å². The van der Waals surface area contributed by atoms with Gasteiger partial charge in [0.25, 0.3) is 0 Å². The number of rotatable bonds is 8. The SMILES string of the molecule is CCC(=CCNCC(C)CCO)C(=O)O. The molecule has 0 spiro atoms. The fraction of sp³-hybridized carbons (Fsp3) is 0.727. The van der Waals surface area contributed by atoms with Crippen LogP contribution in [-0.4, -0.2) is 35.9 Å². The first-order valence-electron chi connectivity index (χ1n) is 5.35. The summed E-state index contributed by atoms with van der Waals surface area (Å²) in [7, 11) is 0. The maximum atomic E-state index is 10.6. The number of carboxylic acid groups (broad SMARTS) is 1. The Kier molecular flexibility index (Phi) is 7.95. The molecule has 88 valence electrons. The fourth-order valence-electron chi connectivity index (χ4n) is 1.23. The van der Waals surface area contributed by atoms with Gasteiger partial charge in [0, 0.05) is 18.7 Å². The van der Waals surface area contributed by atoms with E-state index in [-0.39, 0.29) is 6.61 Å². The zero-order chi connectivity index (χ0) is 11.7. The quantitative estimate of drug-likeness (QED) is 0.417. The summed E-state index contributed by atoms with van der Waals surface area (Å²) < 4.78 is 0. The summed E-state index contributed by atoms with van der Waals surface area (Å²) in [6, 6.07) is 0. The lowest BCUT2D eigenvalue weighted by atomic mass is 10.1. The van der Waals surface area contributed by atoms with E-state index in [9.17, 15) is 4.79 Å². The van der Waals surface area contributed by atoms with E-state index in [1.54, 1.807) is 6.08 Å². The second-order valence-corrected chi connectivity index (χ2v) is 3.66. The normalized spacial score (nSPS) is 13.9. The first-order valence-corrected chi connectivity index (χ1v) is 5.35. The second-order valence-electron chi connectivity index (χ2n) is 3.66. The smallest absolute Gasteiger partial charge is 0.331 e. The van der Waals surface area contributed by atoms with Crippen molar-refractivity contribution < 1.29 is 15.0 Å². The molecule has 0 aliphatic heterocycles. The Morgan fingerprint density at radius 1 is 1.53 bits per heavy atom. The summed E-state index contributed by atoms with van der Waals surface area (Å²) in [6.45, 7) is 5.45. The molecule has 0 bridgehead atoms. The molecule has 0 aliphatic rings. The van der Waals surface area contributed by atoms with Crippen LogP contribution in [0, 0.1) is 5.92 Å². The summed E-state index contributed by atoms with van der Waals surface area (Å²) in [6.07, 6.45) is 3.02. The largest absolute Gasteiger partial charge is 0.478 e. The molecule has 15 heavy (non-hydrogen) atoms. The number of hydrogen-bond acceptors (Lipinski definition) is 3. The molecule has 0 rings (SSSR count). The molecule has 1 atom stereocenters. The molecule has 0 saturated carbocycles. The van der Waals surface area contributed by atoms with Gasteiger partial charge >= 0.3 is 5.97 Å². The lowest BCUT2D eigenvalue weighted by molar-refractivity contribution is -0.132. The Labute approximate surface area is 91.0 Å². The number of aliphatic carboxylic acids is 1.